The topological polar surface area (TPSA) is 82.3 Å². The maximum Gasteiger partial charge on any atom is 0.368 e. The van der Waals surface area contributed by atoms with Gasteiger partial charge in [0.25, 0.3) is 5.69 Å². The second kappa shape index (κ2) is 9.71. The lowest BCUT2D eigenvalue weighted by Gasteiger charge is -2.45. The third-order valence-corrected chi connectivity index (χ3v) is 5.98. The van der Waals surface area contributed by atoms with Crippen LogP contribution in [0.2, 0.25) is 0 Å². The van der Waals surface area contributed by atoms with Crippen LogP contribution in [0.3, 0.4) is 0 Å². The van der Waals surface area contributed by atoms with Crippen LogP contribution in [0.5, 0.6) is 0 Å². The summed E-state index contributed by atoms with van der Waals surface area (Å²) >= 11 is 0. The lowest BCUT2D eigenvalue weighted by atomic mass is 10.1. The van der Waals surface area contributed by atoms with Crippen LogP contribution in [0.1, 0.15) is 24.1 Å². The Kier molecular flexibility index (Phi) is 6.15. The largest absolute Gasteiger partial charge is 0.368 e. The number of carbonyl (C=O) groups excluding carboxylic acids is 1. The normalized spacial score (nSPS) is 14.4. The predicted molar refractivity (Wildman–Crippen MR) is 140 cm³/mol. The molecule has 1 aliphatic rings. The molecule has 0 N–H and O–H groups in total. The number of hydrogen-bond acceptors (Lipinski definition) is 5. The first-order valence-corrected chi connectivity index (χ1v) is 11.5. The summed E-state index contributed by atoms with van der Waals surface area (Å²) in [4.78, 5) is 24.8. The number of urea groups is 1. The third-order valence-electron chi connectivity index (χ3n) is 5.98. The van der Waals surface area contributed by atoms with Crippen LogP contribution in [0.25, 0.3) is 0 Å². The van der Waals surface area contributed by atoms with Gasteiger partial charge in [-0.3, -0.25) is 15.1 Å². The van der Waals surface area contributed by atoms with Crippen molar-refractivity contribution in [1.29, 1.82) is 0 Å². The van der Waals surface area contributed by atoms with Gasteiger partial charge in [0.1, 0.15) is 0 Å². The number of hydrogen-bond donors (Lipinski definition) is 0. The summed E-state index contributed by atoms with van der Waals surface area (Å²) in [6.45, 7) is 1.95. The van der Waals surface area contributed by atoms with E-state index in [1.165, 1.54) is 17.1 Å². The van der Waals surface area contributed by atoms with Gasteiger partial charge in [-0.2, -0.15) is 10.0 Å². The van der Waals surface area contributed by atoms with E-state index in [9.17, 15) is 14.9 Å². The maximum absolute atomic E-state index is 14.0. The fraction of sp³-hybridized carbons (Fsp3) is 0.0714. The predicted octanol–water partition coefficient (Wildman–Crippen LogP) is 6.38. The summed E-state index contributed by atoms with van der Waals surface area (Å²) in [6.07, 6.45) is 0. The highest BCUT2D eigenvalue weighted by molar-refractivity contribution is 6.13. The summed E-state index contributed by atoms with van der Waals surface area (Å²) in [5.41, 5.74) is 2.93. The number of nitro groups is 1. The molecule has 2 amide bonds. The molecule has 1 aliphatic heterocycles. The first kappa shape index (κ1) is 22.8. The van der Waals surface area contributed by atoms with Gasteiger partial charge in [-0.25, -0.2) is 4.79 Å². The number of amides is 2. The Morgan fingerprint density at radius 1 is 0.750 bits per heavy atom. The van der Waals surface area contributed by atoms with Crippen LogP contribution in [-0.4, -0.2) is 21.8 Å². The van der Waals surface area contributed by atoms with Gasteiger partial charge in [0.2, 0.25) is 0 Å². The fourth-order valence-electron chi connectivity index (χ4n) is 4.15. The molecule has 178 valence electrons. The lowest BCUT2D eigenvalue weighted by molar-refractivity contribution is -0.384. The summed E-state index contributed by atoms with van der Waals surface area (Å²) < 4.78 is 0. The second-order valence-electron chi connectivity index (χ2n) is 8.24. The molecule has 8 nitrogen and oxygen atoms in total. The van der Waals surface area contributed by atoms with Crippen molar-refractivity contribution in [1.82, 2.24) is 5.01 Å². The Morgan fingerprint density at radius 2 is 1.28 bits per heavy atom. The summed E-state index contributed by atoms with van der Waals surface area (Å²) in [7, 11) is 0. The molecule has 1 heterocycles. The number of nitrogens with zero attached hydrogens (tertiary/aromatic N) is 5. The van der Waals surface area contributed by atoms with Crippen LogP contribution >= 0.6 is 0 Å². The van der Waals surface area contributed by atoms with Gasteiger partial charge >= 0.3 is 6.03 Å². The highest BCUT2D eigenvalue weighted by Gasteiger charge is 2.39. The van der Waals surface area contributed by atoms with E-state index < -0.39 is 4.92 Å². The second-order valence-corrected chi connectivity index (χ2v) is 8.24. The zero-order valence-corrected chi connectivity index (χ0v) is 19.5. The zero-order valence-electron chi connectivity index (χ0n) is 19.5. The van der Waals surface area contributed by atoms with Crippen molar-refractivity contribution in [2.45, 2.75) is 13.0 Å². The molecule has 8 heteroatoms. The summed E-state index contributed by atoms with van der Waals surface area (Å²) in [5, 5.41) is 20.9. The first-order chi connectivity index (χ1) is 17.5. The highest BCUT2D eigenvalue weighted by Crippen LogP contribution is 2.34. The van der Waals surface area contributed by atoms with E-state index in [-0.39, 0.29) is 17.8 Å². The number of non-ortho nitro benzene ring substituents is 1. The van der Waals surface area contributed by atoms with Gasteiger partial charge in [0.05, 0.1) is 22.3 Å². The minimum Gasteiger partial charge on any atom is -0.258 e. The maximum atomic E-state index is 14.0. The Morgan fingerprint density at radius 3 is 1.83 bits per heavy atom. The summed E-state index contributed by atoms with van der Waals surface area (Å²) in [5.74, 6) is 0.564. The Bertz CT molecular complexity index is 1390. The smallest absolute Gasteiger partial charge is 0.258 e. The van der Waals surface area contributed by atoms with E-state index in [0.717, 1.165) is 11.1 Å². The lowest BCUT2D eigenvalue weighted by Crippen LogP contribution is -2.59. The van der Waals surface area contributed by atoms with Crippen LogP contribution in [0.4, 0.5) is 21.9 Å². The number of carbonyl (C=O) groups is 1. The molecule has 0 spiro atoms. The molecule has 0 saturated carbocycles. The molecule has 0 aliphatic carbocycles. The van der Waals surface area contributed by atoms with Crippen molar-refractivity contribution in [3.63, 3.8) is 0 Å². The average molecular weight is 478 g/mol. The Labute approximate surface area is 208 Å². The van der Waals surface area contributed by atoms with Crippen LogP contribution in [0, 0.1) is 10.1 Å². The number of para-hydroxylation sites is 2. The molecular formula is C28H23N5O3. The van der Waals surface area contributed by atoms with Gasteiger partial charge in [-0.05, 0) is 36.8 Å². The molecule has 1 atom stereocenters. The SMILES string of the molecule is CC(c1ccc([N+](=O)[O-])cc1)N1C(c2ccccc2)=NN(c2ccccc2)C(=O)N1c1ccccc1. The first-order valence-electron chi connectivity index (χ1n) is 11.5. The van der Waals surface area contributed by atoms with Crippen molar-refractivity contribution >= 4 is 28.9 Å². The number of hydrazone groups is 1. The number of hydrazine groups is 1. The molecule has 5 rings (SSSR count). The van der Waals surface area contributed by atoms with E-state index in [1.54, 1.807) is 17.1 Å². The number of rotatable bonds is 6. The molecule has 0 fully saturated rings. The van der Waals surface area contributed by atoms with Crippen LogP contribution < -0.4 is 10.0 Å². The monoisotopic (exact) mass is 477 g/mol. The van der Waals surface area contributed by atoms with E-state index in [0.29, 0.717) is 17.2 Å². The van der Waals surface area contributed by atoms with Crippen molar-refractivity contribution in [3.8, 4) is 0 Å². The molecular weight excluding hydrogens is 454 g/mol. The molecule has 0 aromatic heterocycles. The molecule has 4 aromatic rings. The van der Waals surface area contributed by atoms with Gasteiger partial charge in [-0.1, -0.05) is 78.9 Å². The van der Waals surface area contributed by atoms with Gasteiger partial charge in [0.15, 0.2) is 5.84 Å². The highest BCUT2D eigenvalue weighted by atomic mass is 16.6. The van der Waals surface area contributed by atoms with Gasteiger partial charge in [0, 0.05) is 17.7 Å². The van der Waals surface area contributed by atoms with Crippen LogP contribution in [0.15, 0.2) is 120 Å². The standard InChI is InChI=1S/C28H23N5O3/c1-21(22-17-19-26(20-18-22)33(35)36)31-27(23-11-5-2-6-12-23)29-30(24-13-7-3-8-14-24)28(34)32(31)25-15-9-4-10-16-25/h2-21H,1H3. The minimum atomic E-state index is -0.427. The van der Waals surface area contributed by atoms with Crippen molar-refractivity contribution in [2.75, 3.05) is 10.0 Å². The van der Waals surface area contributed by atoms with Crippen molar-refractivity contribution in [3.05, 3.63) is 137 Å². The number of anilines is 2. The number of benzene rings is 4. The molecule has 36 heavy (non-hydrogen) atoms. The summed E-state index contributed by atoms with van der Waals surface area (Å²) in [6, 6.07) is 33.9. The van der Waals surface area contributed by atoms with E-state index in [4.69, 9.17) is 5.10 Å². The fourth-order valence-corrected chi connectivity index (χ4v) is 4.15. The molecule has 0 radical (unpaired) electrons. The van der Waals surface area contributed by atoms with Gasteiger partial charge in [-0.15, -0.1) is 5.10 Å². The number of amidine groups is 1. The third kappa shape index (κ3) is 4.27. The van der Waals surface area contributed by atoms with E-state index >= 15 is 0 Å². The number of nitro benzene ring substituents is 1. The average Bonchev–Trinajstić information content (AvgIpc) is 2.94. The van der Waals surface area contributed by atoms with Crippen LogP contribution in [-0.2, 0) is 0 Å². The molecule has 0 saturated heterocycles. The minimum absolute atomic E-state index is 0.00721. The van der Waals surface area contributed by atoms with E-state index in [1.807, 2.05) is 103 Å². The van der Waals surface area contributed by atoms with Gasteiger partial charge < -0.3 is 0 Å². The van der Waals surface area contributed by atoms with Crippen molar-refractivity contribution in [2.24, 2.45) is 5.10 Å². The molecule has 4 aromatic carbocycles. The Balaban J connectivity index is 1.70. The molecule has 0 bridgehead atoms. The Hall–Kier alpha value is -4.98. The van der Waals surface area contributed by atoms with E-state index in [2.05, 4.69) is 0 Å². The molecule has 1 unspecified atom stereocenters. The van der Waals surface area contributed by atoms with Crippen molar-refractivity contribution < 1.29 is 9.72 Å². The quantitative estimate of drug-likeness (QED) is 0.238. The zero-order chi connectivity index (χ0) is 25.1.